The number of anilines is 3. The van der Waals surface area contributed by atoms with Crippen molar-refractivity contribution in [3.05, 3.63) is 71.5 Å². The van der Waals surface area contributed by atoms with Crippen molar-refractivity contribution in [2.75, 3.05) is 23.7 Å². The van der Waals surface area contributed by atoms with E-state index in [9.17, 15) is 4.79 Å². The van der Waals surface area contributed by atoms with Crippen LogP contribution in [0.5, 0.6) is 0 Å². The molecule has 0 bridgehead atoms. The summed E-state index contributed by atoms with van der Waals surface area (Å²) in [7, 11) is 0. The number of nitrogens with zero attached hydrogens (tertiary/aromatic N) is 3. The third kappa shape index (κ3) is 5.50. The van der Waals surface area contributed by atoms with Crippen molar-refractivity contribution in [2.45, 2.75) is 13.8 Å². The summed E-state index contributed by atoms with van der Waals surface area (Å²) in [6.45, 7) is 5.01. The molecule has 0 aliphatic heterocycles. The smallest absolute Gasteiger partial charge is 0.251 e. The number of amides is 1. The molecule has 0 spiro atoms. The first-order valence-electron chi connectivity index (χ1n) is 8.71. The van der Waals surface area contributed by atoms with Crippen molar-refractivity contribution in [2.24, 2.45) is 0 Å². The molecule has 3 rings (SSSR count). The van der Waals surface area contributed by atoms with E-state index in [1.54, 1.807) is 12.4 Å². The molecule has 0 radical (unpaired) electrons. The molecule has 0 saturated carbocycles. The van der Waals surface area contributed by atoms with E-state index < -0.39 is 0 Å². The molecule has 7 heteroatoms. The Labute approximate surface area is 158 Å². The quantitative estimate of drug-likeness (QED) is 0.560. The van der Waals surface area contributed by atoms with Gasteiger partial charge in [-0.2, -0.15) is 0 Å². The standard InChI is InChI=1S/C20H22N6O/c1-14-10-15(2)12-16(11-14)20(27)23-9-8-22-18-5-6-19(26-25-18)24-17-4-3-7-21-13-17/h3-7,10-13H,8-9H2,1-2H3,(H,22,25)(H,23,27)(H,24,26). The SMILES string of the molecule is Cc1cc(C)cc(C(=O)NCCNc2ccc(Nc3cccnc3)nn2)c1. The fourth-order valence-corrected chi connectivity index (χ4v) is 2.65. The second-order valence-corrected chi connectivity index (χ2v) is 6.23. The molecule has 7 nitrogen and oxygen atoms in total. The Balaban J connectivity index is 1.44. The average Bonchev–Trinajstić information content (AvgIpc) is 2.66. The second kappa shape index (κ2) is 8.75. The predicted molar refractivity (Wildman–Crippen MR) is 106 cm³/mol. The Kier molecular flexibility index (Phi) is 5.94. The van der Waals surface area contributed by atoms with Crippen LogP contribution in [0.4, 0.5) is 17.3 Å². The Morgan fingerprint density at radius 1 is 0.963 bits per heavy atom. The van der Waals surface area contributed by atoms with Gasteiger partial charge in [0, 0.05) is 24.8 Å². The molecular weight excluding hydrogens is 340 g/mol. The molecule has 0 aliphatic carbocycles. The third-order valence-electron chi connectivity index (χ3n) is 3.80. The number of hydrogen-bond acceptors (Lipinski definition) is 6. The highest BCUT2D eigenvalue weighted by atomic mass is 16.1. The van der Waals surface area contributed by atoms with Crippen molar-refractivity contribution in [1.29, 1.82) is 0 Å². The summed E-state index contributed by atoms with van der Waals surface area (Å²) in [6.07, 6.45) is 3.43. The molecule has 0 aliphatic rings. The first-order valence-corrected chi connectivity index (χ1v) is 8.71. The molecule has 1 aromatic carbocycles. The van der Waals surface area contributed by atoms with Gasteiger partial charge in [0.25, 0.3) is 5.91 Å². The highest BCUT2D eigenvalue weighted by molar-refractivity contribution is 5.94. The normalized spacial score (nSPS) is 10.3. The van der Waals surface area contributed by atoms with Crippen molar-refractivity contribution in [1.82, 2.24) is 20.5 Å². The van der Waals surface area contributed by atoms with Crippen LogP contribution in [0, 0.1) is 13.8 Å². The van der Waals surface area contributed by atoms with E-state index >= 15 is 0 Å². The van der Waals surface area contributed by atoms with Crippen LogP contribution in [-0.2, 0) is 0 Å². The zero-order valence-corrected chi connectivity index (χ0v) is 15.4. The molecule has 0 unspecified atom stereocenters. The number of rotatable bonds is 7. The summed E-state index contributed by atoms with van der Waals surface area (Å²) in [5, 5.41) is 17.4. The number of carbonyl (C=O) groups excluding carboxylic acids is 1. The van der Waals surface area contributed by atoms with Gasteiger partial charge in [-0.25, -0.2) is 0 Å². The van der Waals surface area contributed by atoms with Crippen molar-refractivity contribution < 1.29 is 4.79 Å². The lowest BCUT2D eigenvalue weighted by molar-refractivity contribution is 0.0955. The second-order valence-electron chi connectivity index (χ2n) is 6.23. The van der Waals surface area contributed by atoms with E-state index in [1.807, 2.05) is 56.3 Å². The zero-order valence-electron chi connectivity index (χ0n) is 15.4. The average molecular weight is 362 g/mol. The van der Waals surface area contributed by atoms with Crippen LogP contribution in [0.25, 0.3) is 0 Å². The topological polar surface area (TPSA) is 91.8 Å². The monoisotopic (exact) mass is 362 g/mol. The van der Waals surface area contributed by atoms with Gasteiger partial charge in [0.2, 0.25) is 0 Å². The number of carbonyl (C=O) groups is 1. The fourth-order valence-electron chi connectivity index (χ4n) is 2.65. The minimum atomic E-state index is -0.0781. The Morgan fingerprint density at radius 3 is 2.37 bits per heavy atom. The summed E-state index contributed by atoms with van der Waals surface area (Å²) in [5.74, 6) is 1.20. The molecule has 3 N–H and O–H groups in total. The molecule has 0 fully saturated rings. The number of benzene rings is 1. The van der Waals surface area contributed by atoms with Gasteiger partial charge in [0.1, 0.15) is 5.82 Å². The van der Waals surface area contributed by atoms with E-state index in [0.29, 0.717) is 30.3 Å². The number of hydrogen-bond donors (Lipinski definition) is 3. The summed E-state index contributed by atoms with van der Waals surface area (Å²) < 4.78 is 0. The highest BCUT2D eigenvalue weighted by Crippen LogP contribution is 2.13. The van der Waals surface area contributed by atoms with Crippen LogP contribution < -0.4 is 16.0 Å². The van der Waals surface area contributed by atoms with Crippen molar-refractivity contribution in [3.63, 3.8) is 0 Å². The molecule has 3 aromatic rings. The van der Waals surface area contributed by atoms with Gasteiger partial charge in [-0.15, -0.1) is 10.2 Å². The van der Waals surface area contributed by atoms with Gasteiger partial charge < -0.3 is 16.0 Å². The zero-order chi connectivity index (χ0) is 19.1. The Hall–Kier alpha value is -3.48. The minimum absolute atomic E-state index is 0.0781. The number of pyridine rings is 1. The molecule has 138 valence electrons. The van der Waals surface area contributed by atoms with Gasteiger partial charge in [-0.3, -0.25) is 9.78 Å². The summed E-state index contributed by atoms with van der Waals surface area (Å²) >= 11 is 0. The maximum Gasteiger partial charge on any atom is 0.251 e. The number of nitrogens with one attached hydrogen (secondary N) is 3. The lowest BCUT2D eigenvalue weighted by atomic mass is 10.1. The van der Waals surface area contributed by atoms with Gasteiger partial charge >= 0.3 is 0 Å². The van der Waals surface area contributed by atoms with E-state index in [1.165, 1.54) is 0 Å². The molecule has 0 saturated heterocycles. The van der Waals surface area contributed by atoms with Crippen LogP contribution in [0.2, 0.25) is 0 Å². The van der Waals surface area contributed by atoms with Crippen LogP contribution in [0.3, 0.4) is 0 Å². The highest BCUT2D eigenvalue weighted by Gasteiger charge is 2.06. The minimum Gasteiger partial charge on any atom is -0.367 e. The molecule has 0 atom stereocenters. The van der Waals surface area contributed by atoms with Crippen molar-refractivity contribution in [3.8, 4) is 0 Å². The van der Waals surface area contributed by atoms with Crippen LogP contribution >= 0.6 is 0 Å². The van der Waals surface area contributed by atoms with Gasteiger partial charge in [-0.1, -0.05) is 17.2 Å². The summed E-state index contributed by atoms with van der Waals surface area (Å²) in [5.41, 5.74) is 3.68. The first kappa shape index (κ1) is 18.3. The van der Waals surface area contributed by atoms with Gasteiger partial charge in [0.05, 0.1) is 11.9 Å². The van der Waals surface area contributed by atoms with E-state index in [0.717, 1.165) is 16.8 Å². The van der Waals surface area contributed by atoms with Gasteiger partial charge in [-0.05, 0) is 50.2 Å². The molecular formula is C20H22N6O. The molecule has 1 amide bonds. The van der Waals surface area contributed by atoms with Crippen molar-refractivity contribution >= 4 is 23.2 Å². The Morgan fingerprint density at radius 2 is 1.70 bits per heavy atom. The molecule has 2 aromatic heterocycles. The first-order chi connectivity index (χ1) is 13.1. The van der Waals surface area contributed by atoms with E-state index in [4.69, 9.17) is 0 Å². The van der Waals surface area contributed by atoms with Crippen LogP contribution in [-0.4, -0.2) is 34.2 Å². The lowest BCUT2D eigenvalue weighted by Gasteiger charge is -2.09. The maximum atomic E-state index is 12.2. The van der Waals surface area contributed by atoms with Gasteiger partial charge in [0.15, 0.2) is 5.82 Å². The molecule has 27 heavy (non-hydrogen) atoms. The number of aryl methyl sites for hydroxylation is 2. The van der Waals surface area contributed by atoms with Crippen LogP contribution in [0.1, 0.15) is 21.5 Å². The summed E-state index contributed by atoms with van der Waals surface area (Å²) in [4.78, 5) is 16.2. The van der Waals surface area contributed by atoms with Crippen LogP contribution in [0.15, 0.2) is 54.9 Å². The summed E-state index contributed by atoms with van der Waals surface area (Å²) in [6, 6.07) is 13.2. The predicted octanol–water partition coefficient (Wildman–Crippen LogP) is 3.07. The van der Waals surface area contributed by atoms with E-state index in [2.05, 4.69) is 31.1 Å². The molecule has 2 heterocycles. The Bertz CT molecular complexity index is 876. The third-order valence-corrected chi connectivity index (χ3v) is 3.80. The maximum absolute atomic E-state index is 12.2. The lowest BCUT2D eigenvalue weighted by Crippen LogP contribution is -2.29. The fraction of sp³-hybridized carbons (Fsp3) is 0.200. The van der Waals surface area contributed by atoms with E-state index in [-0.39, 0.29) is 5.91 Å². The largest absolute Gasteiger partial charge is 0.367 e. The number of aromatic nitrogens is 3.